The van der Waals surface area contributed by atoms with E-state index in [9.17, 15) is 4.79 Å². The van der Waals surface area contributed by atoms with Gasteiger partial charge in [-0.3, -0.25) is 0 Å². The minimum Gasteiger partial charge on any atom is -0.478 e. The van der Waals surface area contributed by atoms with Crippen LogP contribution in [0.15, 0.2) is 18.2 Å². The highest BCUT2D eigenvalue weighted by atomic mass is 32.1. The molecule has 0 saturated heterocycles. The highest BCUT2D eigenvalue weighted by Gasteiger charge is 2.07. The van der Waals surface area contributed by atoms with E-state index in [0.717, 1.165) is 21.6 Å². The SMILES string of the molecule is O=C(O)c1ccc2nc(CCCO)sc2c1. The normalized spacial score (nSPS) is 10.8. The number of hydrogen-bond donors (Lipinski definition) is 2. The first-order valence-corrected chi connectivity index (χ1v) is 5.76. The molecule has 0 aliphatic heterocycles. The number of benzene rings is 1. The van der Waals surface area contributed by atoms with Crippen molar-refractivity contribution in [2.24, 2.45) is 0 Å². The van der Waals surface area contributed by atoms with Gasteiger partial charge < -0.3 is 10.2 Å². The Morgan fingerprint density at radius 3 is 2.94 bits per heavy atom. The molecule has 0 aliphatic rings. The van der Waals surface area contributed by atoms with Gasteiger partial charge in [0.25, 0.3) is 0 Å². The Morgan fingerprint density at radius 1 is 1.44 bits per heavy atom. The quantitative estimate of drug-likeness (QED) is 0.852. The second-order valence-corrected chi connectivity index (χ2v) is 4.54. The summed E-state index contributed by atoms with van der Waals surface area (Å²) in [5, 5.41) is 18.5. The summed E-state index contributed by atoms with van der Waals surface area (Å²) in [6.45, 7) is 0.149. The van der Waals surface area contributed by atoms with E-state index in [1.165, 1.54) is 11.3 Å². The second kappa shape index (κ2) is 4.59. The average molecular weight is 237 g/mol. The second-order valence-electron chi connectivity index (χ2n) is 3.42. The highest BCUT2D eigenvalue weighted by molar-refractivity contribution is 7.18. The molecule has 0 spiro atoms. The van der Waals surface area contributed by atoms with Crippen molar-refractivity contribution in [3.05, 3.63) is 28.8 Å². The van der Waals surface area contributed by atoms with E-state index >= 15 is 0 Å². The van der Waals surface area contributed by atoms with E-state index in [1.807, 2.05) is 0 Å². The van der Waals surface area contributed by atoms with E-state index in [-0.39, 0.29) is 12.2 Å². The molecule has 1 aromatic carbocycles. The number of hydrogen-bond acceptors (Lipinski definition) is 4. The Hall–Kier alpha value is -1.46. The molecule has 5 heteroatoms. The van der Waals surface area contributed by atoms with Gasteiger partial charge in [-0.05, 0) is 24.6 Å². The molecule has 0 bridgehead atoms. The highest BCUT2D eigenvalue weighted by Crippen LogP contribution is 2.24. The van der Waals surface area contributed by atoms with Crippen LogP contribution < -0.4 is 0 Å². The first kappa shape index (κ1) is 11.0. The van der Waals surface area contributed by atoms with Crippen LogP contribution in [0.1, 0.15) is 21.8 Å². The number of carbonyl (C=O) groups is 1. The maximum Gasteiger partial charge on any atom is 0.335 e. The lowest BCUT2D eigenvalue weighted by molar-refractivity contribution is 0.0697. The third-order valence-corrected chi connectivity index (χ3v) is 3.31. The number of nitrogens with zero attached hydrogens (tertiary/aromatic N) is 1. The number of rotatable bonds is 4. The maximum absolute atomic E-state index is 10.8. The zero-order valence-electron chi connectivity index (χ0n) is 8.51. The minimum atomic E-state index is -0.924. The van der Waals surface area contributed by atoms with Crippen LogP contribution in [0.3, 0.4) is 0 Å². The van der Waals surface area contributed by atoms with Crippen LogP contribution in [-0.2, 0) is 6.42 Å². The molecule has 2 aromatic rings. The fourth-order valence-electron chi connectivity index (χ4n) is 1.44. The number of aromatic carboxylic acids is 1. The van der Waals surface area contributed by atoms with Crippen molar-refractivity contribution in [1.82, 2.24) is 4.98 Å². The molecule has 16 heavy (non-hydrogen) atoms. The summed E-state index contributed by atoms with van der Waals surface area (Å²) in [5.41, 5.74) is 1.10. The number of aromatic nitrogens is 1. The molecule has 2 N–H and O–H groups in total. The fourth-order valence-corrected chi connectivity index (χ4v) is 2.49. The fraction of sp³-hybridized carbons (Fsp3) is 0.273. The molecule has 84 valence electrons. The van der Waals surface area contributed by atoms with Gasteiger partial charge in [-0.1, -0.05) is 0 Å². The molecular formula is C11H11NO3S. The van der Waals surface area contributed by atoms with Gasteiger partial charge in [0.05, 0.1) is 20.8 Å². The van der Waals surface area contributed by atoms with E-state index < -0.39 is 5.97 Å². The van der Waals surface area contributed by atoms with Gasteiger partial charge >= 0.3 is 5.97 Å². The Balaban J connectivity index is 2.34. The molecule has 0 amide bonds. The summed E-state index contributed by atoms with van der Waals surface area (Å²) in [5.74, 6) is -0.924. The van der Waals surface area contributed by atoms with Crippen molar-refractivity contribution in [2.75, 3.05) is 6.61 Å². The first-order chi connectivity index (χ1) is 7.70. The van der Waals surface area contributed by atoms with Crippen molar-refractivity contribution in [2.45, 2.75) is 12.8 Å². The summed E-state index contributed by atoms with van der Waals surface area (Å²) < 4.78 is 0.882. The van der Waals surface area contributed by atoms with Crippen molar-refractivity contribution in [3.8, 4) is 0 Å². The van der Waals surface area contributed by atoms with Crippen LogP contribution in [-0.4, -0.2) is 27.8 Å². The average Bonchev–Trinajstić information content (AvgIpc) is 2.67. The largest absolute Gasteiger partial charge is 0.478 e. The Morgan fingerprint density at radius 2 is 2.25 bits per heavy atom. The van der Waals surface area contributed by atoms with E-state index in [4.69, 9.17) is 10.2 Å². The number of aliphatic hydroxyl groups is 1. The van der Waals surface area contributed by atoms with Gasteiger partial charge in [0.2, 0.25) is 0 Å². The molecule has 4 nitrogen and oxygen atoms in total. The lowest BCUT2D eigenvalue weighted by Crippen LogP contribution is -1.94. The van der Waals surface area contributed by atoms with Crippen LogP contribution >= 0.6 is 11.3 Å². The van der Waals surface area contributed by atoms with Crippen molar-refractivity contribution >= 4 is 27.5 Å². The van der Waals surface area contributed by atoms with Crippen molar-refractivity contribution < 1.29 is 15.0 Å². The van der Waals surface area contributed by atoms with Crippen LogP contribution in [0.5, 0.6) is 0 Å². The first-order valence-electron chi connectivity index (χ1n) is 4.94. The molecule has 0 radical (unpaired) electrons. The molecule has 0 saturated carbocycles. The number of fused-ring (bicyclic) bond motifs is 1. The van der Waals surface area contributed by atoms with Crippen LogP contribution in [0.25, 0.3) is 10.2 Å². The third-order valence-electron chi connectivity index (χ3n) is 2.23. The standard InChI is InChI=1S/C11H11NO3S/c13-5-1-2-10-12-8-4-3-7(11(14)15)6-9(8)16-10/h3-4,6,13H,1-2,5H2,(H,14,15). The molecule has 1 heterocycles. The summed E-state index contributed by atoms with van der Waals surface area (Å²) in [6, 6.07) is 4.91. The summed E-state index contributed by atoms with van der Waals surface area (Å²) in [7, 11) is 0. The molecule has 0 fully saturated rings. The molecule has 0 aliphatic carbocycles. The molecule has 1 aromatic heterocycles. The number of aliphatic hydroxyl groups excluding tert-OH is 1. The van der Waals surface area contributed by atoms with E-state index in [1.54, 1.807) is 18.2 Å². The zero-order chi connectivity index (χ0) is 11.5. The summed E-state index contributed by atoms with van der Waals surface area (Å²) in [4.78, 5) is 15.1. The Bertz CT molecular complexity index is 521. The van der Waals surface area contributed by atoms with E-state index in [0.29, 0.717) is 6.42 Å². The zero-order valence-corrected chi connectivity index (χ0v) is 9.33. The molecule has 0 unspecified atom stereocenters. The lowest BCUT2D eigenvalue weighted by Gasteiger charge is -1.91. The van der Waals surface area contributed by atoms with Gasteiger partial charge in [0.1, 0.15) is 0 Å². The monoisotopic (exact) mass is 237 g/mol. The number of carboxylic acids is 1. The van der Waals surface area contributed by atoms with Gasteiger partial charge in [-0.2, -0.15) is 0 Å². The van der Waals surface area contributed by atoms with Gasteiger partial charge in [-0.25, -0.2) is 9.78 Å². The minimum absolute atomic E-state index is 0.149. The van der Waals surface area contributed by atoms with Crippen LogP contribution in [0, 0.1) is 0 Å². The van der Waals surface area contributed by atoms with Crippen molar-refractivity contribution in [1.29, 1.82) is 0 Å². The summed E-state index contributed by atoms with van der Waals surface area (Å²) >= 11 is 1.48. The van der Waals surface area contributed by atoms with Crippen LogP contribution in [0.4, 0.5) is 0 Å². The Kier molecular flexibility index (Phi) is 3.17. The smallest absolute Gasteiger partial charge is 0.335 e. The summed E-state index contributed by atoms with van der Waals surface area (Å²) in [6.07, 6.45) is 1.42. The number of aryl methyl sites for hydroxylation is 1. The van der Waals surface area contributed by atoms with E-state index in [2.05, 4.69) is 4.98 Å². The Labute approximate surface area is 96.2 Å². The topological polar surface area (TPSA) is 70.4 Å². The maximum atomic E-state index is 10.8. The van der Waals surface area contributed by atoms with Gasteiger partial charge in [-0.15, -0.1) is 11.3 Å². The van der Waals surface area contributed by atoms with Crippen LogP contribution in [0.2, 0.25) is 0 Å². The predicted octanol–water partition coefficient (Wildman–Crippen LogP) is 1.92. The molecule has 0 atom stereocenters. The van der Waals surface area contributed by atoms with Crippen molar-refractivity contribution in [3.63, 3.8) is 0 Å². The molecular weight excluding hydrogens is 226 g/mol. The molecule has 2 rings (SSSR count). The number of thiazole rings is 1. The predicted molar refractivity (Wildman–Crippen MR) is 62.0 cm³/mol. The lowest BCUT2D eigenvalue weighted by atomic mass is 10.2. The third kappa shape index (κ3) is 2.20. The van der Waals surface area contributed by atoms with Gasteiger partial charge in [0, 0.05) is 13.0 Å². The number of carboxylic acid groups (broad SMARTS) is 1. The van der Waals surface area contributed by atoms with Gasteiger partial charge in [0.15, 0.2) is 0 Å².